The van der Waals surface area contributed by atoms with Gasteiger partial charge in [0.2, 0.25) is 12.7 Å². The maximum Gasteiger partial charge on any atom is 0.408 e. The number of benzene rings is 2. The van der Waals surface area contributed by atoms with Crippen molar-refractivity contribution in [1.82, 2.24) is 10.6 Å². The van der Waals surface area contributed by atoms with Crippen LogP contribution in [0, 0.1) is 0 Å². The Balaban J connectivity index is 1.35. The van der Waals surface area contributed by atoms with Crippen LogP contribution in [-0.2, 0) is 11.3 Å². The number of ether oxygens (including phenoxy) is 2. The monoisotopic (exact) mass is 451 g/mol. The van der Waals surface area contributed by atoms with Crippen LogP contribution in [0.1, 0.15) is 23.6 Å². The first-order chi connectivity index (χ1) is 14.9. The van der Waals surface area contributed by atoms with E-state index in [1.54, 1.807) is 42.5 Å². The highest BCUT2D eigenvalue weighted by Gasteiger charge is 2.43. The molecular formula is C21H20F3N3O3S. The maximum absolute atomic E-state index is 13.4. The second-order valence-corrected chi connectivity index (χ2v) is 8.05. The number of carbonyl (C=O) groups is 1. The molecule has 2 aromatic carbocycles. The molecular weight excluding hydrogens is 431 g/mol. The summed E-state index contributed by atoms with van der Waals surface area (Å²) >= 11 is 0.961. The van der Waals surface area contributed by atoms with Gasteiger partial charge in [0.05, 0.1) is 11.8 Å². The molecule has 0 aromatic heterocycles. The van der Waals surface area contributed by atoms with Crippen LogP contribution in [0.15, 0.2) is 53.5 Å². The van der Waals surface area contributed by atoms with E-state index in [1.165, 1.54) is 0 Å². The minimum atomic E-state index is -4.41. The first-order valence-corrected chi connectivity index (χ1v) is 10.6. The molecule has 0 saturated carbocycles. The van der Waals surface area contributed by atoms with E-state index >= 15 is 0 Å². The quantitative estimate of drug-likeness (QED) is 0.724. The summed E-state index contributed by atoms with van der Waals surface area (Å²) in [6.07, 6.45) is -4.59. The lowest BCUT2D eigenvalue weighted by atomic mass is 9.98. The van der Waals surface area contributed by atoms with Gasteiger partial charge in [0.15, 0.2) is 16.7 Å². The predicted molar refractivity (Wildman–Crippen MR) is 111 cm³/mol. The molecule has 2 aliphatic heterocycles. The number of nitrogens with zero attached hydrogens (tertiary/aromatic N) is 1. The number of aliphatic imine (C=N–C) groups is 1. The van der Waals surface area contributed by atoms with Gasteiger partial charge in [-0.25, -0.2) is 0 Å². The minimum absolute atomic E-state index is 0.0531. The molecule has 2 heterocycles. The Labute approximate surface area is 181 Å². The lowest BCUT2D eigenvalue weighted by Gasteiger charge is -2.31. The zero-order valence-electron chi connectivity index (χ0n) is 16.3. The van der Waals surface area contributed by atoms with Crippen LogP contribution >= 0.6 is 11.8 Å². The molecule has 2 aromatic rings. The van der Waals surface area contributed by atoms with Gasteiger partial charge in [-0.3, -0.25) is 9.79 Å². The second-order valence-electron chi connectivity index (χ2n) is 7.09. The molecule has 0 spiro atoms. The third-order valence-electron chi connectivity index (χ3n) is 4.88. The predicted octanol–water partition coefficient (Wildman–Crippen LogP) is 3.79. The molecule has 6 nitrogen and oxygen atoms in total. The molecule has 0 saturated heterocycles. The number of amidine groups is 1. The number of hydrogen-bond donors (Lipinski definition) is 2. The summed E-state index contributed by atoms with van der Waals surface area (Å²) < 4.78 is 50.7. The number of amides is 1. The van der Waals surface area contributed by atoms with Crippen LogP contribution in [-0.4, -0.2) is 35.8 Å². The highest BCUT2D eigenvalue weighted by molar-refractivity contribution is 8.14. The number of thioether (sulfide) groups is 1. The second kappa shape index (κ2) is 9.09. The fraction of sp³-hybridized carbons (Fsp3) is 0.333. The summed E-state index contributed by atoms with van der Waals surface area (Å²) in [6, 6.07) is 11.9. The van der Waals surface area contributed by atoms with Crippen LogP contribution in [0.2, 0.25) is 0 Å². The lowest BCUT2D eigenvalue weighted by molar-refractivity contribution is -0.155. The minimum Gasteiger partial charge on any atom is -0.454 e. The number of alkyl halides is 3. The van der Waals surface area contributed by atoms with Gasteiger partial charge in [0.1, 0.15) is 6.04 Å². The number of carbonyl (C=O) groups excluding carboxylic acids is 1. The van der Waals surface area contributed by atoms with Gasteiger partial charge in [0, 0.05) is 13.0 Å². The van der Waals surface area contributed by atoms with E-state index in [1.807, 2.05) is 6.07 Å². The summed E-state index contributed by atoms with van der Waals surface area (Å²) in [5, 5.41) is 5.29. The molecule has 0 aliphatic carbocycles. The zero-order chi connectivity index (χ0) is 21.8. The van der Waals surface area contributed by atoms with Gasteiger partial charge in [-0.05, 0) is 23.3 Å². The highest BCUT2D eigenvalue weighted by Crippen LogP contribution is 2.35. The highest BCUT2D eigenvalue weighted by atomic mass is 32.2. The van der Waals surface area contributed by atoms with E-state index in [2.05, 4.69) is 15.6 Å². The average molecular weight is 451 g/mol. The Kier molecular flexibility index (Phi) is 6.26. The van der Waals surface area contributed by atoms with Gasteiger partial charge in [-0.1, -0.05) is 48.2 Å². The van der Waals surface area contributed by atoms with Crippen molar-refractivity contribution in [3.8, 4) is 11.5 Å². The fourth-order valence-corrected chi connectivity index (χ4v) is 4.08. The first-order valence-electron chi connectivity index (χ1n) is 9.62. The third kappa shape index (κ3) is 5.43. The van der Waals surface area contributed by atoms with Gasteiger partial charge < -0.3 is 20.1 Å². The molecule has 164 valence electrons. The standard InChI is InChI=1S/C21H20F3N3O3S/c22-21(23,24)18-9-15(14-4-2-1-3-5-14)26-20(27-18)31-11-19(28)25-10-13-6-7-16-17(8-13)30-12-29-16/h1-8,15,18H,9-12H2,(H,25,28)(H,26,27). The molecule has 10 heteroatoms. The molecule has 0 radical (unpaired) electrons. The summed E-state index contributed by atoms with van der Waals surface area (Å²) in [6.45, 7) is 0.438. The average Bonchev–Trinajstić information content (AvgIpc) is 3.24. The van der Waals surface area contributed by atoms with Crippen LogP contribution in [0.3, 0.4) is 0 Å². The number of halogens is 3. The first kappa shape index (κ1) is 21.4. The Morgan fingerprint density at radius 2 is 1.94 bits per heavy atom. The normalized spacial score (nSPS) is 20.0. The topological polar surface area (TPSA) is 72.0 Å². The maximum atomic E-state index is 13.4. The zero-order valence-corrected chi connectivity index (χ0v) is 17.1. The number of nitrogens with one attached hydrogen (secondary N) is 2. The fourth-order valence-electron chi connectivity index (χ4n) is 3.28. The van der Waals surface area contributed by atoms with Crippen LogP contribution in [0.5, 0.6) is 11.5 Å². The summed E-state index contributed by atoms with van der Waals surface area (Å²) in [5.74, 6) is 0.909. The van der Waals surface area contributed by atoms with Gasteiger partial charge in [-0.15, -0.1) is 0 Å². The van der Waals surface area contributed by atoms with Crippen molar-refractivity contribution >= 4 is 22.8 Å². The largest absolute Gasteiger partial charge is 0.454 e. The van der Waals surface area contributed by atoms with Crippen molar-refractivity contribution in [2.45, 2.75) is 31.2 Å². The van der Waals surface area contributed by atoms with Crippen molar-refractivity contribution in [3.63, 3.8) is 0 Å². The van der Waals surface area contributed by atoms with Crippen molar-refractivity contribution in [3.05, 3.63) is 59.7 Å². The Hall–Kier alpha value is -2.88. The van der Waals surface area contributed by atoms with Crippen LogP contribution < -0.4 is 20.1 Å². The van der Waals surface area contributed by atoms with Gasteiger partial charge in [-0.2, -0.15) is 13.2 Å². The van der Waals surface area contributed by atoms with E-state index in [0.717, 1.165) is 17.3 Å². The lowest BCUT2D eigenvalue weighted by Crippen LogP contribution is -2.48. The molecule has 0 bridgehead atoms. The Morgan fingerprint density at radius 1 is 1.16 bits per heavy atom. The molecule has 2 N–H and O–H groups in total. The van der Waals surface area contributed by atoms with Crippen LogP contribution in [0.25, 0.3) is 0 Å². The molecule has 2 aliphatic rings. The summed E-state index contributed by atoms with van der Waals surface area (Å²) in [7, 11) is 0. The molecule has 1 amide bonds. The molecule has 31 heavy (non-hydrogen) atoms. The third-order valence-corrected chi connectivity index (χ3v) is 5.78. The van der Waals surface area contributed by atoms with Crippen LogP contribution in [0.4, 0.5) is 13.2 Å². The summed E-state index contributed by atoms with van der Waals surface area (Å²) in [5.41, 5.74) is 1.54. The Morgan fingerprint density at radius 3 is 2.71 bits per heavy atom. The summed E-state index contributed by atoms with van der Waals surface area (Å²) in [4.78, 5) is 16.6. The number of fused-ring (bicyclic) bond motifs is 1. The molecule has 2 atom stereocenters. The van der Waals surface area contributed by atoms with Crippen molar-refractivity contribution in [1.29, 1.82) is 0 Å². The Bertz CT molecular complexity index is 969. The van der Waals surface area contributed by atoms with Gasteiger partial charge >= 0.3 is 6.18 Å². The van der Waals surface area contributed by atoms with Crippen molar-refractivity contribution < 1.29 is 27.4 Å². The van der Waals surface area contributed by atoms with E-state index in [-0.39, 0.29) is 36.6 Å². The molecule has 4 rings (SSSR count). The van der Waals surface area contributed by atoms with Gasteiger partial charge in [0.25, 0.3) is 0 Å². The van der Waals surface area contributed by atoms with E-state index in [0.29, 0.717) is 17.1 Å². The number of rotatable bonds is 5. The van der Waals surface area contributed by atoms with E-state index in [4.69, 9.17) is 9.47 Å². The van der Waals surface area contributed by atoms with Crippen molar-refractivity contribution in [2.24, 2.45) is 4.99 Å². The van der Waals surface area contributed by atoms with Crippen molar-refractivity contribution in [2.75, 3.05) is 12.5 Å². The SMILES string of the molecule is O=C(CSC1=NC(c2ccccc2)CC(C(F)(F)F)N1)NCc1ccc2c(c1)OCO2. The molecule has 2 unspecified atom stereocenters. The molecule has 0 fully saturated rings. The smallest absolute Gasteiger partial charge is 0.408 e. The van der Waals surface area contributed by atoms with E-state index in [9.17, 15) is 18.0 Å². The van der Waals surface area contributed by atoms with E-state index < -0.39 is 18.3 Å². The number of hydrogen-bond acceptors (Lipinski definition) is 6.